The quantitative estimate of drug-likeness (QED) is 0.378. The Balaban J connectivity index is 1.51. The Kier molecular flexibility index (Phi) is 5.37. The van der Waals surface area contributed by atoms with E-state index in [0.717, 1.165) is 22.1 Å². The van der Waals surface area contributed by atoms with Gasteiger partial charge in [-0.05, 0) is 56.0 Å². The molecule has 0 aliphatic heterocycles. The van der Waals surface area contributed by atoms with E-state index in [1.165, 1.54) is 21.6 Å². The molecule has 0 aliphatic rings. The third-order valence-electron chi connectivity index (χ3n) is 4.79. The number of aryl methyl sites for hydroxylation is 3. The molecular formula is C21H22N4OS2. The summed E-state index contributed by atoms with van der Waals surface area (Å²) in [6, 6.07) is 8.44. The Morgan fingerprint density at radius 3 is 2.79 bits per heavy atom. The Hall–Kier alpha value is -2.38. The van der Waals surface area contributed by atoms with Crippen LogP contribution in [0.3, 0.4) is 0 Å². The highest BCUT2D eigenvalue weighted by atomic mass is 32.2. The predicted octanol–water partition coefficient (Wildman–Crippen LogP) is 5.76. The summed E-state index contributed by atoms with van der Waals surface area (Å²) >= 11 is 3.32. The van der Waals surface area contributed by atoms with Gasteiger partial charge >= 0.3 is 0 Å². The van der Waals surface area contributed by atoms with Crippen LogP contribution in [-0.2, 0) is 12.2 Å². The molecule has 0 radical (unpaired) electrons. The summed E-state index contributed by atoms with van der Waals surface area (Å²) in [4.78, 5) is 6.91. The fourth-order valence-corrected chi connectivity index (χ4v) is 4.93. The van der Waals surface area contributed by atoms with Gasteiger partial charge in [0.15, 0.2) is 5.16 Å². The average Bonchev–Trinajstić information content (AvgIpc) is 3.41. The summed E-state index contributed by atoms with van der Waals surface area (Å²) < 4.78 is 8.01. The number of hydrogen-bond acceptors (Lipinski definition) is 6. The number of rotatable bonds is 6. The topological polar surface area (TPSA) is 56.7 Å². The lowest BCUT2D eigenvalue weighted by Gasteiger charge is -2.11. The molecule has 0 saturated heterocycles. The van der Waals surface area contributed by atoms with Gasteiger partial charge in [-0.1, -0.05) is 30.8 Å². The molecule has 0 aliphatic carbocycles. The number of nitrogens with zero attached hydrogens (tertiary/aromatic N) is 4. The van der Waals surface area contributed by atoms with E-state index in [2.05, 4.69) is 71.7 Å². The molecule has 28 heavy (non-hydrogen) atoms. The van der Waals surface area contributed by atoms with Crippen LogP contribution in [0, 0.1) is 20.8 Å². The van der Waals surface area contributed by atoms with E-state index in [1.807, 2.05) is 12.4 Å². The van der Waals surface area contributed by atoms with Crippen LogP contribution in [0.2, 0.25) is 0 Å². The van der Waals surface area contributed by atoms with Crippen molar-refractivity contribution in [2.24, 2.45) is 0 Å². The van der Waals surface area contributed by atoms with E-state index in [-0.39, 0.29) is 0 Å². The lowest BCUT2D eigenvalue weighted by molar-refractivity contribution is 0.529. The zero-order chi connectivity index (χ0) is 19.7. The number of aromatic nitrogens is 4. The van der Waals surface area contributed by atoms with E-state index < -0.39 is 0 Å². The summed E-state index contributed by atoms with van der Waals surface area (Å²) in [7, 11) is 0. The van der Waals surface area contributed by atoms with E-state index in [9.17, 15) is 0 Å². The van der Waals surface area contributed by atoms with Gasteiger partial charge in [-0.15, -0.1) is 21.5 Å². The maximum Gasteiger partial charge on any atom is 0.257 e. The van der Waals surface area contributed by atoms with E-state index >= 15 is 0 Å². The van der Waals surface area contributed by atoms with Gasteiger partial charge in [0, 0.05) is 17.3 Å². The van der Waals surface area contributed by atoms with Crippen LogP contribution < -0.4 is 0 Å². The lowest BCUT2D eigenvalue weighted by atomic mass is 10.1. The third-order valence-corrected chi connectivity index (χ3v) is 7.11. The molecular weight excluding hydrogens is 388 g/mol. The first kappa shape index (κ1) is 19.0. The number of benzene rings is 1. The fourth-order valence-electron chi connectivity index (χ4n) is 3.09. The van der Waals surface area contributed by atoms with Crippen molar-refractivity contribution >= 4 is 23.1 Å². The Labute approximate surface area is 172 Å². The molecule has 0 bridgehead atoms. The maximum atomic E-state index is 5.90. The molecule has 144 valence electrons. The van der Waals surface area contributed by atoms with Gasteiger partial charge in [-0.3, -0.25) is 4.57 Å². The number of thioether (sulfide) groups is 1. The minimum Gasteiger partial charge on any atom is -0.419 e. The van der Waals surface area contributed by atoms with Crippen molar-refractivity contribution in [1.82, 2.24) is 19.7 Å². The molecule has 4 rings (SSSR count). The number of thiophene rings is 1. The Morgan fingerprint density at radius 2 is 2.00 bits per heavy atom. The first-order valence-electron chi connectivity index (χ1n) is 9.21. The van der Waals surface area contributed by atoms with Gasteiger partial charge in [0.25, 0.3) is 5.89 Å². The second-order valence-corrected chi connectivity index (χ2v) is 8.74. The molecule has 0 saturated carbocycles. The maximum absolute atomic E-state index is 5.90. The molecule has 7 heteroatoms. The Bertz CT molecular complexity index is 1110. The molecule has 0 atom stereocenters. The molecule has 1 aromatic carbocycles. The van der Waals surface area contributed by atoms with Crippen LogP contribution in [0.5, 0.6) is 0 Å². The summed E-state index contributed by atoms with van der Waals surface area (Å²) in [5.41, 5.74) is 4.95. The van der Waals surface area contributed by atoms with E-state index in [1.54, 1.807) is 23.1 Å². The molecule has 3 aromatic heterocycles. The predicted molar refractivity (Wildman–Crippen MR) is 114 cm³/mol. The van der Waals surface area contributed by atoms with Gasteiger partial charge in [-0.25, -0.2) is 4.98 Å². The molecule has 0 fully saturated rings. The zero-order valence-corrected chi connectivity index (χ0v) is 18.0. The van der Waals surface area contributed by atoms with Crippen LogP contribution in [0.15, 0.2) is 46.2 Å². The monoisotopic (exact) mass is 410 g/mol. The van der Waals surface area contributed by atoms with Crippen LogP contribution in [0.25, 0.3) is 16.5 Å². The van der Waals surface area contributed by atoms with Crippen molar-refractivity contribution in [1.29, 1.82) is 0 Å². The SMILES string of the molecule is CCc1sc(-c2nnc(CSc3nccn3-c3cccc(C)c3C)o2)cc1C. The van der Waals surface area contributed by atoms with Gasteiger partial charge < -0.3 is 4.42 Å². The van der Waals surface area contributed by atoms with Crippen molar-refractivity contribution in [3.63, 3.8) is 0 Å². The fraction of sp³-hybridized carbons (Fsp3) is 0.286. The van der Waals surface area contributed by atoms with Crippen molar-refractivity contribution < 1.29 is 4.42 Å². The summed E-state index contributed by atoms with van der Waals surface area (Å²) in [6.45, 7) is 8.55. The van der Waals surface area contributed by atoms with Crippen LogP contribution in [-0.4, -0.2) is 19.7 Å². The minimum absolute atomic E-state index is 0.583. The van der Waals surface area contributed by atoms with Gasteiger partial charge in [-0.2, -0.15) is 0 Å². The second-order valence-electron chi connectivity index (χ2n) is 6.66. The standard InChI is InChI=1S/C21H22N4OS2/c1-5-17-14(3)11-18(28-17)20-24-23-19(26-20)12-27-21-22-9-10-25(21)16-8-6-7-13(2)15(16)4/h6-11H,5,12H2,1-4H3. The van der Waals surface area contributed by atoms with Gasteiger partial charge in [0.05, 0.1) is 16.3 Å². The summed E-state index contributed by atoms with van der Waals surface area (Å²) in [5.74, 6) is 1.79. The minimum atomic E-state index is 0.583. The van der Waals surface area contributed by atoms with Crippen molar-refractivity contribution in [3.05, 3.63) is 64.1 Å². The first-order valence-corrected chi connectivity index (χ1v) is 11.0. The molecule has 5 nitrogen and oxygen atoms in total. The molecule has 0 amide bonds. The van der Waals surface area contributed by atoms with Crippen molar-refractivity contribution in [3.8, 4) is 16.5 Å². The highest BCUT2D eigenvalue weighted by Crippen LogP contribution is 2.32. The van der Waals surface area contributed by atoms with E-state index in [0.29, 0.717) is 17.5 Å². The average molecular weight is 411 g/mol. The highest BCUT2D eigenvalue weighted by molar-refractivity contribution is 7.98. The number of hydrogen-bond donors (Lipinski definition) is 0. The molecule has 3 heterocycles. The third kappa shape index (κ3) is 3.64. The van der Waals surface area contributed by atoms with Crippen LogP contribution in [0.4, 0.5) is 0 Å². The van der Waals surface area contributed by atoms with E-state index in [4.69, 9.17) is 4.42 Å². The number of imidazole rings is 1. The normalized spacial score (nSPS) is 11.3. The van der Waals surface area contributed by atoms with Gasteiger partial charge in [0.2, 0.25) is 5.89 Å². The zero-order valence-electron chi connectivity index (χ0n) is 16.4. The van der Waals surface area contributed by atoms with Crippen LogP contribution in [0.1, 0.15) is 34.4 Å². The molecule has 4 aromatic rings. The summed E-state index contributed by atoms with van der Waals surface area (Å²) in [6.07, 6.45) is 4.84. The Morgan fingerprint density at radius 1 is 1.14 bits per heavy atom. The molecule has 0 unspecified atom stereocenters. The summed E-state index contributed by atoms with van der Waals surface area (Å²) in [5, 5.41) is 9.37. The first-order chi connectivity index (χ1) is 13.6. The van der Waals surface area contributed by atoms with Crippen LogP contribution >= 0.6 is 23.1 Å². The largest absolute Gasteiger partial charge is 0.419 e. The lowest BCUT2D eigenvalue weighted by Crippen LogP contribution is -1.99. The van der Waals surface area contributed by atoms with Crippen molar-refractivity contribution in [2.45, 2.75) is 45.0 Å². The highest BCUT2D eigenvalue weighted by Gasteiger charge is 2.15. The smallest absolute Gasteiger partial charge is 0.257 e. The molecule has 0 spiro atoms. The van der Waals surface area contributed by atoms with Crippen molar-refractivity contribution in [2.75, 3.05) is 0 Å². The second kappa shape index (κ2) is 7.93. The molecule has 0 N–H and O–H groups in total. The van der Waals surface area contributed by atoms with Gasteiger partial charge in [0.1, 0.15) is 0 Å².